The Kier molecular flexibility index (Phi) is 10.7. The van der Waals surface area contributed by atoms with Gasteiger partial charge in [-0.2, -0.15) is 0 Å². The molecular weight excluding hydrogens is 500 g/mol. The van der Waals surface area contributed by atoms with Crippen molar-refractivity contribution in [2.24, 2.45) is 18.9 Å². The predicted molar refractivity (Wildman–Crippen MR) is 144 cm³/mol. The van der Waals surface area contributed by atoms with Gasteiger partial charge in [-0.15, -0.1) is 0 Å². The quantitative estimate of drug-likeness (QED) is 0.306. The number of hydrogen-bond donors (Lipinski definition) is 1. The minimum atomic E-state index is -1.09. The number of ketones is 4. The van der Waals surface area contributed by atoms with Gasteiger partial charge in [-0.1, -0.05) is 32.8 Å². The smallest absolute Gasteiger partial charge is 0.270 e. The van der Waals surface area contributed by atoms with Gasteiger partial charge in [-0.3, -0.25) is 28.8 Å². The summed E-state index contributed by atoms with van der Waals surface area (Å²) < 4.78 is 2.80. The Morgan fingerprint density at radius 1 is 1.08 bits per heavy atom. The molecule has 0 saturated heterocycles. The highest BCUT2D eigenvalue weighted by Crippen LogP contribution is 2.30. The minimum absolute atomic E-state index is 0.0485. The van der Waals surface area contributed by atoms with Crippen LogP contribution >= 0.6 is 0 Å². The normalized spacial score (nSPS) is 13.7. The van der Waals surface area contributed by atoms with E-state index in [1.807, 2.05) is 0 Å². The van der Waals surface area contributed by atoms with E-state index in [2.05, 4.69) is 24.1 Å². The van der Waals surface area contributed by atoms with Crippen LogP contribution in [-0.4, -0.2) is 49.2 Å². The van der Waals surface area contributed by atoms with Crippen molar-refractivity contribution in [1.29, 1.82) is 0 Å². The summed E-state index contributed by atoms with van der Waals surface area (Å²) in [5.74, 6) is -1.81. The molecule has 39 heavy (non-hydrogen) atoms. The lowest BCUT2D eigenvalue weighted by Crippen LogP contribution is -2.43. The Morgan fingerprint density at radius 3 is 2.41 bits per heavy atom. The number of pyridine rings is 1. The third-order valence-electron chi connectivity index (χ3n) is 7.42. The van der Waals surface area contributed by atoms with E-state index in [0.29, 0.717) is 25.2 Å². The Hall–Kier alpha value is -3.69. The molecule has 2 heterocycles. The summed E-state index contributed by atoms with van der Waals surface area (Å²) >= 11 is 0. The number of amides is 1. The van der Waals surface area contributed by atoms with Crippen LogP contribution < -0.4 is 10.9 Å². The van der Waals surface area contributed by atoms with Crippen molar-refractivity contribution in [3.8, 4) is 0 Å². The highest BCUT2D eigenvalue weighted by Gasteiger charge is 2.34. The highest BCUT2D eigenvalue weighted by molar-refractivity contribution is 6.38. The van der Waals surface area contributed by atoms with Gasteiger partial charge in [0.2, 0.25) is 5.78 Å². The van der Waals surface area contributed by atoms with E-state index < -0.39 is 34.9 Å². The lowest BCUT2D eigenvalue weighted by atomic mass is 9.96. The predicted octanol–water partition coefficient (Wildman–Crippen LogP) is 2.61. The third-order valence-corrected chi connectivity index (χ3v) is 7.42. The lowest BCUT2D eigenvalue weighted by molar-refractivity contribution is -0.137. The van der Waals surface area contributed by atoms with Crippen molar-refractivity contribution in [3.05, 3.63) is 52.5 Å². The zero-order valence-corrected chi connectivity index (χ0v) is 23.0. The summed E-state index contributed by atoms with van der Waals surface area (Å²) in [5, 5.41) is 2.65. The molecule has 0 radical (unpaired) electrons. The van der Waals surface area contributed by atoms with Crippen LogP contribution in [0.3, 0.4) is 0 Å². The number of hydrogen-bond acceptors (Lipinski definition) is 7. The number of carbonyl (C=O) groups is 5. The van der Waals surface area contributed by atoms with Crippen LogP contribution in [0.5, 0.6) is 0 Å². The maximum atomic E-state index is 13.3. The molecule has 0 bridgehead atoms. The molecule has 1 atom stereocenters. The number of aryl methyl sites for hydroxylation is 1. The van der Waals surface area contributed by atoms with Crippen LogP contribution in [-0.2, 0) is 39.2 Å². The molecule has 1 saturated carbocycles. The molecular formula is C29H38N4O6. The van der Waals surface area contributed by atoms with E-state index in [1.165, 1.54) is 33.9 Å². The fraction of sp³-hybridized carbons (Fsp3) is 0.552. The van der Waals surface area contributed by atoms with E-state index in [9.17, 15) is 28.8 Å². The van der Waals surface area contributed by atoms with Gasteiger partial charge in [0, 0.05) is 44.0 Å². The first-order chi connectivity index (χ1) is 18.6. The largest absolute Gasteiger partial charge is 0.341 e. The van der Waals surface area contributed by atoms with Crippen molar-refractivity contribution in [3.63, 3.8) is 0 Å². The number of Topliss-reactive ketones (excluding diaryl/α,β-unsaturated/α-hetero) is 4. The maximum Gasteiger partial charge on any atom is 0.270 e. The molecule has 1 amide bonds. The van der Waals surface area contributed by atoms with Crippen LogP contribution in [0.1, 0.15) is 81.3 Å². The fourth-order valence-electron chi connectivity index (χ4n) is 4.58. The summed E-state index contributed by atoms with van der Waals surface area (Å²) in [6.07, 6.45) is 8.36. The van der Waals surface area contributed by atoms with Gasteiger partial charge >= 0.3 is 0 Å². The van der Waals surface area contributed by atoms with E-state index >= 15 is 0 Å². The van der Waals surface area contributed by atoms with Crippen LogP contribution in [0, 0.1) is 11.8 Å². The average molecular weight is 539 g/mol. The van der Waals surface area contributed by atoms with Gasteiger partial charge in [0.25, 0.3) is 11.5 Å². The molecule has 10 heteroatoms. The third kappa shape index (κ3) is 8.40. The van der Waals surface area contributed by atoms with Gasteiger partial charge in [0.15, 0.2) is 17.3 Å². The number of nitrogens with zero attached hydrogens (tertiary/aromatic N) is 3. The van der Waals surface area contributed by atoms with Gasteiger partial charge in [0.05, 0.1) is 25.1 Å². The summed E-state index contributed by atoms with van der Waals surface area (Å²) in [4.78, 5) is 80.1. The number of aromatic nitrogens is 3. The van der Waals surface area contributed by atoms with E-state index in [1.54, 1.807) is 13.1 Å². The van der Waals surface area contributed by atoms with E-state index in [-0.39, 0.29) is 48.8 Å². The van der Waals surface area contributed by atoms with Crippen molar-refractivity contribution < 1.29 is 24.0 Å². The maximum absolute atomic E-state index is 13.3. The molecule has 2 aromatic rings. The molecule has 210 valence electrons. The topological polar surface area (TPSA) is 137 Å². The fourth-order valence-corrected chi connectivity index (χ4v) is 4.58. The second-order valence-electron chi connectivity index (χ2n) is 10.4. The second kappa shape index (κ2) is 13.9. The van der Waals surface area contributed by atoms with Gasteiger partial charge in [-0.05, 0) is 37.7 Å². The number of imidazole rings is 1. The Labute approximate surface area is 228 Å². The molecule has 1 aliphatic carbocycles. The summed E-state index contributed by atoms with van der Waals surface area (Å²) in [6.45, 7) is 4.12. The molecule has 2 aromatic heterocycles. The molecule has 3 rings (SSSR count). The van der Waals surface area contributed by atoms with Crippen molar-refractivity contribution in [2.45, 2.75) is 84.2 Å². The summed E-state index contributed by atoms with van der Waals surface area (Å²) in [5.41, 5.74) is -0.0314. The average Bonchev–Trinajstić information content (AvgIpc) is 3.68. The second-order valence-corrected chi connectivity index (χ2v) is 10.4. The molecule has 1 fully saturated rings. The standard InChI is InChI=1S/C29H38N4O6/c1-4-19(5-2)8-11-22(34)17-33-14-6-7-21(29(33)39)15-26(36)23(12-13-25(35)27(37)20-9-10-20)31-28(38)24-16-30-18-32(24)3/h6-7,14,16,18-20,23H,4-5,8-13,15,17H2,1-3H3,(H,31,38)/t23-/m0/s1. The number of nitrogens with one attached hydrogen (secondary N) is 1. The first kappa shape index (κ1) is 29.9. The SMILES string of the molecule is CCC(CC)CCC(=O)Cn1cccc(CC(=O)[C@H](CCC(=O)C(=O)C2CC2)NC(=O)c2cncn2C)c1=O. The van der Waals surface area contributed by atoms with Crippen LogP contribution in [0.4, 0.5) is 0 Å². The van der Waals surface area contributed by atoms with Crippen molar-refractivity contribution >= 4 is 29.0 Å². The summed E-state index contributed by atoms with van der Waals surface area (Å²) in [6, 6.07) is 2.05. The highest BCUT2D eigenvalue weighted by atomic mass is 16.2. The Bertz CT molecular complexity index is 1270. The van der Waals surface area contributed by atoms with Gasteiger partial charge in [0.1, 0.15) is 5.69 Å². The zero-order chi connectivity index (χ0) is 28.5. The van der Waals surface area contributed by atoms with Crippen LogP contribution in [0.15, 0.2) is 35.6 Å². The molecule has 10 nitrogen and oxygen atoms in total. The van der Waals surface area contributed by atoms with Crippen LogP contribution in [0.25, 0.3) is 0 Å². The number of rotatable bonds is 17. The van der Waals surface area contributed by atoms with Gasteiger partial charge in [-0.25, -0.2) is 4.98 Å². The zero-order valence-electron chi connectivity index (χ0n) is 23.0. The molecule has 1 N–H and O–H groups in total. The molecule has 1 aliphatic rings. The Balaban J connectivity index is 1.70. The van der Waals surface area contributed by atoms with Crippen molar-refractivity contribution in [2.75, 3.05) is 0 Å². The minimum Gasteiger partial charge on any atom is -0.341 e. The molecule has 0 unspecified atom stereocenters. The first-order valence-corrected chi connectivity index (χ1v) is 13.7. The molecule has 0 aromatic carbocycles. The monoisotopic (exact) mass is 538 g/mol. The van der Waals surface area contributed by atoms with Crippen LogP contribution in [0.2, 0.25) is 0 Å². The van der Waals surface area contributed by atoms with E-state index in [0.717, 1.165) is 19.3 Å². The summed E-state index contributed by atoms with van der Waals surface area (Å²) in [7, 11) is 1.63. The van der Waals surface area contributed by atoms with E-state index in [4.69, 9.17) is 0 Å². The van der Waals surface area contributed by atoms with Gasteiger partial charge < -0.3 is 14.5 Å². The Morgan fingerprint density at radius 2 is 1.79 bits per heavy atom. The lowest BCUT2D eigenvalue weighted by Gasteiger charge is -2.18. The number of carbonyl (C=O) groups excluding carboxylic acids is 5. The van der Waals surface area contributed by atoms with Crippen molar-refractivity contribution in [1.82, 2.24) is 19.4 Å². The molecule has 0 spiro atoms. The molecule has 0 aliphatic heterocycles. The first-order valence-electron chi connectivity index (χ1n) is 13.7.